The second-order valence-corrected chi connectivity index (χ2v) is 7.15. The van der Waals surface area contributed by atoms with Gasteiger partial charge >= 0.3 is 18.0 Å². The van der Waals surface area contributed by atoms with Crippen LogP contribution in [0.3, 0.4) is 0 Å². The van der Waals surface area contributed by atoms with Crippen molar-refractivity contribution < 1.29 is 24.2 Å². The van der Waals surface area contributed by atoms with Crippen LogP contribution >= 0.6 is 0 Å². The third kappa shape index (κ3) is 4.41. The van der Waals surface area contributed by atoms with Crippen molar-refractivity contribution in [1.29, 1.82) is 0 Å². The van der Waals surface area contributed by atoms with Crippen molar-refractivity contribution in [2.45, 2.75) is 26.8 Å². The van der Waals surface area contributed by atoms with Crippen molar-refractivity contribution in [2.24, 2.45) is 5.41 Å². The number of hydrogen-bond donors (Lipinski definition) is 2. The molecule has 0 aromatic carbocycles. The van der Waals surface area contributed by atoms with E-state index < -0.39 is 18.0 Å². The number of nitrogens with zero attached hydrogens (tertiary/aromatic N) is 3. The number of amides is 2. The van der Waals surface area contributed by atoms with Crippen LogP contribution in [0.2, 0.25) is 0 Å². The molecule has 1 fully saturated rings. The number of ether oxygens (including phenoxy) is 1. The van der Waals surface area contributed by atoms with E-state index in [1.165, 1.54) is 11.1 Å². The van der Waals surface area contributed by atoms with Crippen LogP contribution in [0.25, 0.3) is 0 Å². The van der Waals surface area contributed by atoms with Crippen LogP contribution < -0.4 is 10.2 Å². The Balaban J connectivity index is 2.10. The molecule has 9 heteroatoms. The number of esters is 1. The highest BCUT2D eigenvalue weighted by Gasteiger charge is 2.38. The van der Waals surface area contributed by atoms with Crippen molar-refractivity contribution in [1.82, 2.24) is 9.88 Å². The maximum atomic E-state index is 11.5. The van der Waals surface area contributed by atoms with Crippen molar-refractivity contribution in [3.63, 3.8) is 0 Å². The van der Waals surface area contributed by atoms with Gasteiger partial charge in [-0.3, -0.25) is 4.79 Å². The first-order valence-electron chi connectivity index (χ1n) is 8.23. The summed E-state index contributed by atoms with van der Waals surface area (Å²) in [5.41, 5.74) is 0.159. The Bertz CT molecular complexity index is 683. The van der Waals surface area contributed by atoms with Gasteiger partial charge in [-0.1, -0.05) is 20.8 Å². The molecule has 1 aliphatic heterocycles. The number of carbonyl (C=O) groups excluding carboxylic acids is 2. The minimum Gasteiger partial charge on any atom is -0.465 e. The normalized spacial score (nSPS) is 17.6. The van der Waals surface area contributed by atoms with Gasteiger partial charge in [0.05, 0.1) is 25.0 Å². The Kier molecular flexibility index (Phi) is 5.69. The lowest BCUT2D eigenvalue weighted by molar-refractivity contribution is -0.150. The minimum absolute atomic E-state index is 0.172. The molecule has 2 N–H and O–H groups in total. The Morgan fingerprint density at radius 3 is 2.46 bits per heavy atom. The quantitative estimate of drug-likeness (QED) is 0.603. The highest BCUT2D eigenvalue weighted by Crippen LogP contribution is 2.29. The third-order valence-electron chi connectivity index (χ3n) is 4.33. The smallest absolute Gasteiger partial charge is 0.407 e. The Morgan fingerprint density at radius 2 is 1.96 bits per heavy atom. The third-order valence-corrected chi connectivity index (χ3v) is 4.33. The van der Waals surface area contributed by atoms with E-state index in [4.69, 9.17) is 0 Å². The summed E-state index contributed by atoms with van der Waals surface area (Å²) < 4.78 is 4.34. The summed E-state index contributed by atoms with van der Waals surface area (Å²) in [4.78, 5) is 41.9. The van der Waals surface area contributed by atoms with Crippen LogP contribution in [0.15, 0.2) is 18.3 Å². The van der Waals surface area contributed by atoms with Crippen LogP contribution in [0.5, 0.6) is 0 Å². The second kappa shape index (κ2) is 7.59. The molecule has 1 saturated heterocycles. The number of carboxylic acid groups (broad SMARTS) is 1. The summed E-state index contributed by atoms with van der Waals surface area (Å²) in [6.07, 6.45) is 0.532. The average Bonchev–Trinajstić information content (AvgIpc) is 2.60. The maximum absolute atomic E-state index is 11.5. The number of aromatic nitrogens is 1. The molecule has 9 nitrogen and oxygen atoms in total. The number of rotatable bonds is 2. The maximum Gasteiger partial charge on any atom is 0.407 e. The van der Waals surface area contributed by atoms with Crippen molar-refractivity contribution in [2.75, 3.05) is 37.0 Å². The van der Waals surface area contributed by atoms with E-state index in [2.05, 4.69) is 15.0 Å². The molecular formula is C17H24N4O5. The van der Waals surface area contributed by atoms with E-state index in [1.807, 2.05) is 25.7 Å². The fourth-order valence-electron chi connectivity index (χ4n) is 2.88. The first-order valence-corrected chi connectivity index (χ1v) is 8.23. The molecule has 0 saturated carbocycles. The van der Waals surface area contributed by atoms with Gasteiger partial charge < -0.3 is 25.0 Å². The largest absolute Gasteiger partial charge is 0.465 e. The molecule has 2 rings (SSSR count). The molecule has 1 aliphatic rings. The Hall–Kier alpha value is -2.84. The van der Waals surface area contributed by atoms with E-state index in [0.717, 1.165) is 7.11 Å². The SMILES string of the molecule is COC(=O)C(=O)Nc1ccc(N2CCN(C(=O)O)C(C(C)(C)C)C2)nc1. The molecule has 0 spiro atoms. The lowest BCUT2D eigenvalue weighted by Crippen LogP contribution is -2.59. The highest BCUT2D eigenvalue weighted by atomic mass is 16.5. The molecule has 0 bridgehead atoms. The van der Waals surface area contributed by atoms with Gasteiger partial charge in [0.2, 0.25) is 0 Å². The number of nitrogens with one attached hydrogen (secondary N) is 1. The van der Waals surface area contributed by atoms with Crippen LogP contribution in [-0.4, -0.2) is 65.7 Å². The first-order chi connectivity index (χ1) is 12.1. The minimum atomic E-state index is -0.980. The first kappa shape index (κ1) is 19.5. The number of piperazine rings is 1. The van der Waals surface area contributed by atoms with Gasteiger partial charge in [0, 0.05) is 19.6 Å². The van der Waals surface area contributed by atoms with Gasteiger partial charge in [-0.15, -0.1) is 0 Å². The predicted molar refractivity (Wildman–Crippen MR) is 95.1 cm³/mol. The van der Waals surface area contributed by atoms with E-state index >= 15 is 0 Å². The van der Waals surface area contributed by atoms with E-state index in [-0.39, 0.29) is 11.5 Å². The summed E-state index contributed by atoms with van der Waals surface area (Å²) in [5, 5.41) is 11.8. The number of methoxy groups -OCH3 is 1. The summed E-state index contributed by atoms with van der Waals surface area (Å²) in [6, 6.07) is 3.19. The van der Waals surface area contributed by atoms with Gasteiger partial charge in [0.1, 0.15) is 5.82 Å². The molecule has 1 atom stereocenters. The van der Waals surface area contributed by atoms with E-state index in [1.54, 1.807) is 12.1 Å². The van der Waals surface area contributed by atoms with Gasteiger partial charge in [-0.25, -0.2) is 14.6 Å². The lowest BCUT2D eigenvalue weighted by Gasteiger charge is -2.46. The topological polar surface area (TPSA) is 112 Å². The molecule has 0 radical (unpaired) electrons. The molecular weight excluding hydrogens is 340 g/mol. The van der Waals surface area contributed by atoms with Gasteiger partial charge in [-0.2, -0.15) is 0 Å². The van der Waals surface area contributed by atoms with E-state index in [0.29, 0.717) is 31.1 Å². The monoisotopic (exact) mass is 364 g/mol. The predicted octanol–water partition coefficient (Wildman–Crippen LogP) is 1.41. The van der Waals surface area contributed by atoms with Gasteiger partial charge in [0.15, 0.2) is 0 Å². The molecule has 1 unspecified atom stereocenters. The average molecular weight is 364 g/mol. The molecule has 1 aromatic heterocycles. The zero-order valence-corrected chi connectivity index (χ0v) is 15.4. The van der Waals surface area contributed by atoms with Crippen molar-refractivity contribution >= 4 is 29.5 Å². The standard InChI is InChI=1S/C17H24N4O5/c1-17(2,3)12-10-20(7-8-21(12)16(24)25)13-6-5-11(9-18-13)19-14(22)15(23)26-4/h5-6,9,12H,7-8,10H2,1-4H3,(H,19,22)(H,24,25). The molecule has 1 aromatic rings. The molecule has 0 aliphatic carbocycles. The summed E-state index contributed by atoms with van der Waals surface area (Å²) >= 11 is 0. The second-order valence-electron chi connectivity index (χ2n) is 7.15. The van der Waals surface area contributed by atoms with Crippen molar-refractivity contribution in [3.05, 3.63) is 18.3 Å². The van der Waals surface area contributed by atoms with E-state index in [9.17, 15) is 19.5 Å². The number of hydrogen-bond acceptors (Lipinski definition) is 6. The van der Waals surface area contributed by atoms with Crippen molar-refractivity contribution in [3.8, 4) is 0 Å². The Morgan fingerprint density at radius 1 is 1.27 bits per heavy atom. The molecule has 26 heavy (non-hydrogen) atoms. The summed E-state index contributed by atoms with van der Waals surface area (Å²) in [5.74, 6) is -1.17. The number of carbonyl (C=O) groups is 3. The lowest BCUT2D eigenvalue weighted by atomic mass is 9.84. The molecule has 2 amide bonds. The zero-order valence-electron chi connectivity index (χ0n) is 15.4. The van der Waals surface area contributed by atoms with Crippen LogP contribution in [-0.2, 0) is 14.3 Å². The number of anilines is 2. The van der Waals surface area contributed by atoms with Crippen LogP contribution in [0.4, 0.5) is 16.3 Å². The van der Waals surface area contributed by atoms with Crippen LogP contribution in [0.1, 0.15) is 20.8 Å². The van der Waals surface area contributed by atoms with Gasteiger partial charge in [0.25, 0.3) is 0 Å². The molecule has 2 heterocycles. The highest BCUT2D eigenvalue weighted by molar-refractivity contribution is 6.37. The zero-order chi connectivity index (χ0) is 19.5. The fourth-order valence-corrected chi connectivity index (χ4v) is 2.88. The summed E-state index contributed by atoms with van der Waals surface area (Å²) in [7, 11) is 1.13. The summed E-state index contributed by atoms with van der Waals surface area (Å²) in [6.45, 7) is 7.47. The van der Waals surface area contributed by atoms with Gasteiger partial charge in [-0.05, 0) is 17.5 Å². The van der Waals surface area contributed by atoms with Crippen LogP contribution in [0, 0.1) is 5.41 Å². The fraction of sp³-hybridized carbons (Fsp3) is 0.529. The molecule has 142 valence electrons. The number of pyridine rings is 1. The Labute approximate surface area is 151 Å².